The van der Waals surface area contributed by atoms with Gasteiger partial charge in [0.2, 0.25) is 0 Å². The van der Waals surface area contributed by atoms with Crippen LogP contribution in [0.3, 0.4) is 0 Å². The van der Waals surface area contributed by atoms with Crippen LogP contribution in [0.5, 0.6) is 0 Å². The maximum Gasteiger partial charge on any atom is 0.186 e. The summed E-state index contributed by atoms with van der Waals surface area (Å²) >= 11 is 0. The summed E-state index contributed by atoms with van der Waals surface area (Å²) in [5.74, 6) is -0.102. The van der Waals surface area contributed by atoms with Crippen LogP contribution in [0.15, 0.2) is 18.2 Å². The Bertz CT molecular complexity index is 883. The normalized spacial score (nSPS) is 33.5. The second-order valence-corrected chi connectivity index (χ2v) is 7.80. The molecule has 0 amide bonds. The van der Waals surface area contributed by atoms with Crippen molar-refractivity contribution in [2.45, 2.75) is 31.7 Å². The number of benzene rings is 1. The van der Waals surface area contributed by atoms with E-state index >= 15 is 0 Å². The fourth-order valence-corrected chi connectivity index (χ4v) is 4.94. The maximum atomic E-state index is 14.3. The number of piperidine rings is 3. The van der Waals surface area contributed by atoms with Gasteiger partial charge in [0.1, 0.15) is 23.1 Å². The summed E-state index contributed by atoms with van der Waals surface area (Å²) in [6.07, 6.45) is 1.64. The summed E-state index contributed by atoms with van der Waals surface area (Å²) in [4.78, 5) is 8.92. The summed E-state index contributed by atoms with van der Waals surface area (Å²) in [5.41, 5.74) is 6.60. The van der Waals surface area contributed by atoms with Crippen LogP contribution in [0.4, 0.5) is 14.6 Å². The van der Waals surface area contributed by atoms with Gasteiger partial charge in [-0.15, -0.1) is 0 Å². The number of nitrogens with zero attached hydrogens (tertiary/aromatic N) is 3. The number of hydrogen-bond acceptors (Lipinski definition) is 5. The molecule has 1 aromatic heterocycles. The van der Waals surface area contributed by atoms with Crippen LogP contribution in [-0.4, -0.2) is 48.0 Å². The minimum atomic E-state index is -0.608. The number of ether oxygens (including phenoxy) is 1. The van der Waals surface area contributed by atoms with Gasteiger partial charge in [0.15, 0.2) is 6.35 Å². The van der Waals surface area contributed by atoms with Crippen LogP contribution >= 0.6 is 0 Å². The van der Waals surface area contributed by atoms with Crippen molar-refractivity contribution >= 4 is 16.6 Å². The molecule has 2 aromatic rings. The van der Waals surface area contributed by atoms with Crippen LogP contribution < -0.4 is 10.6 Å². The van der Waals surface area contributed by atoms with Crippen molar-refractivity contribution in [3.63, 3.8) is 0 Å². The van der Waals surface area contributed by atoms with Crippen molar-refractivity contribution in [2.24, 2.45) is 11.7 Å². The number of aryl methyl sites for hydroxylation is 1. The number of halogens is 2. The van der Waals surface area contributed by atoms with Gasteiger partial charge in [-0.3, -0.25) is 5.73 Å². The molecule has 2 N–H and O–H groups in total. The Morgan fingerprint density at radius 1 is 1.15 bits per heavy atom. The predicted octanol–water partition coefficient (Wildman–Crippen LogP) is 2.36. The average Bonchev–Trinajstić information content (AvgIpc) is 2.92. The van der Waals surface area contributed by atoms with Crippen LogP contribution in [0.25, 0.3) is 10.8 Å². The van der Waals surface area contributed by atoms with Crippen molar-refractivity contribution in [3.8, 4) is 0 Å². The SMILES string of the molecule is Cc1nc(N2CC3(CN4CCC3CC4)OC2N)cc2c(F)cc(F)cc12. The van der Waals surface area contributed by atoms with E-state index in [4.69, 9.17) is 10.5 Å². The number of fused-ring (bicyclic) bond motifs is 3. The van der Waals surface area contributed by atoms with Gasteiger partial charge >= 0.3 is 0 Å². The summed E-state index contributed by atoms with van der Waals surface area (Å²) in [5, 5.41) is 0.841. The Labute approximate surface area is 150 Å². The van der Waals surface area contributed by atoms with Crippen LogP contribution in [0.1, 0.15) is 18.5 Å². The van der Waals surface area contributed by atoms with Gasteiger partial charge in [-0.1, -0.05) is 0 Å². The first-order valence-corrected chi connectivity index (χ1v) is 9.14. The molecule has 1 spiro atoms. The first-order chi connectivity index (χ1) is 12.4. The maximum absolute atomic E-state index is 14.3. The average molecular weight is 360 g/mol. The Morgan fingerprint density at radius 2 is 1.92 bits per heavy atom. The molecule has 0 aliphatic carbocycles. The molecule has 0 radical (unpaired) electrons. The highest BCUT2D eigenvalue weighted by atomic mass is 19.1. The molecular weight excluding hydrogens is 338 g/mol. The van der Waals surface area contributed by atoms with Gasteiger partial charge in [0.05, 0.1) is 6.54 Å². The summed E-state index contributed by atoms with van der Waals surface area (Å²) < 4.78 is 34.1. The highest BCUT2D eigenvalue weighted by Gasteiger charge is 2.54. The van der Waals surface area contributed by atoms with E-state index in [1.165, 1.54) is 6.07 Å². The number of pyridine rings is 1. The zero-order chi connectivity index (χ0) is 18.1. The molecule has 2 bridgehead atoms. The Morgan fingerprint density at radius 3 is 2.62 bits per heavy atom. The van der Waals surface area contributed by atoms with E-state index in [-0.39, 0.29) is 5.60 Å². The van der Waals surface area contributed by atoms with Crippen molar-refractivity contribution in [1.82, 2.24) is 9.88 Å². The van der Waals surface area contributed by atoms with E-state index in [0.717, 1.165) is 38.5 Å². The van der Waals surface area contributed by atoms with Crippen LogP contribution in [-0.2, 0) is 4.74 Å². The molecule has 0 saturated carbocycles. The fraction of sp³-hybridized carbons (Fsp3) is 0.526. The van der Waals surface area contributed by atoms with E-state index < -0.39 is 18.0 Å². The van der Waals surface area contributed by atoms with Gasteiger partial charge in [-0.05, 0) is 50.9 Å². The Balaban J connectivity index is 1.54. The molecule has 7 heteroatoms. The van der Waals surface area contributed by atoms with E-state index in [2.05, 4.69) is 9.88 Å². The molecule has 26 heavy (non-hydrogen) atoms. The number of aromatic nitrogens is 1. The van der Waals surface area contributed by atoms with Crippen LogP contribution in [0, 0.1) is 24.5 Å². The van der Waals surface area contributed by atoms with Crippen LogP contribution in [0.2, 0.25) is 0 Å². The molecular formula is C19H22F2N4O. The lowest BCUT2D eigenvalue weighted by Crippen LogP contribution is -2.61. The topological polar surface area (TPSA) is 54.6 Å². The molecule has 2 unspecified atom stereocenters. The smallest absolute Gasteiger partial charge is 0.186 e. The van der Waals surface area contributed by atoms with Gasteiger partial charge in [-0.25, -0.2) is 13.8 Å². The molecule has 4 saturated heterocycles. The van der Waals surface area contributed by atoms with Gasteiger partial charge in [-0.2, -0.15) is 0 Å². The first-order valence-electron chi connectivity index (χ1n) is 9.14. The molecule has 1 aromatic carbocycles. The monoisotopic (exact) mass is 360 g/mol. The third-order valence-electron chi connectivity index (χ3n) is 6.26. The zero-order valence-corrected chi connectivity index (χ0v) is 14.7. The second kappa shape index (κ2) is 5.58. The van der Waals surface area contributed by atoms with Gasteiger partial charge in [0.25, 0.3) is 0 Å². The molecule has 4 aliphatic heterocycles. The third-order valence-corrected chi connectivity index (χ3v) is 6.26. The van der Waals surface area contributed by atoms with E-state index in [0.29, 0.717) is 34.7 Å². The fourth-order valence-electron chi connectivity index (χ4n) is 4.94. The highest BCUT2D eigenvalue weighted by Crippen LogP contribution is 2.43. The quantitative estimate of drug-likeness (QED) is 0.846. The molecule has 4 aliphatic rings. The minimum absolute atomic E-state index is 0.276. The molecule has 6 rings (SSSR count). The number of anilines is 1. The minimum Gasteiger partial charge on any atom is -0.335 e. The van der Waals surface area contributed by atoms with Crippen molar-refractivity contribution in [3.05, 3.63) is 35.5 Å². The molecule has 4 fully saturated rings. The largest absolute Gasteiger partial charge is 0.335 e. The molecule has 138 valence electrons. The van der Waals surface area contributed by atoms with Gasteiger partial charge < -0.3 is 14.5 Å². The Hall–Kier alpha value is -1.83. The summed E-state index contributed by atoms with van der Waals surface area (Å²) in [7, 11) is 0. The van der Waals surface area contributed by atoms with E-state index in [9.17, 15) is 8.78 Å². The number of hydrogen-bond donors (Lipinski definition) is 1. The predicted molar refractivity (Wildman–Crippen MR) is 94.7 cm³/mol. The molecule has 5 nitrogen and oxygen atoms in total. The molecule has 5 heterocycles. The summed E-state index contributed by atoms with van der Waals surface area (Å²) in [6.45, 7) is 5.53. The van der Waals surface area contributed by atoms with Crippen molar-refractivity contribution < 1.29 is 13.5 Å². The number of nitrogens with two attached hydrogens (primary N) is 1. The highest BCUT2D eigenvalue weighted by molar-refractivity contribution is 5.87. The summed E-state index contributed by atoms with van der Waals surface area (Å²) in [6, 6.07) is 3.88. The first kappa shape index (κ1) is 16.4. The third kappa shape index (κ3) is 2.34. The van der Waals surface area contributed by atoms with E-state index in [1.807, 2.05) is 4.90 Å². The lowest BCUT2D eigenvalue weighted by Gasteiger charge is -2.50. The van der Waals surface area contributed by atoms with Gasteiger partial charge in [0, 0.05) is 29.1 Å². The second-order valence-electron chi connectivity index (χ2n) is 7.80. The van der Waals surface area contributed by atoms with Crippen molar-refractivity contribution in [1.29, 1.82) is 0 Å². The lowest BCUT2D eigenvalue weighted by atomic mass is 9.75. The zero-order valence-electron chi connectivity index (χ0n) is 14.7. The van der Waals surface area contributed by atoms with Crippen molar-refractivity contribution in [2.75, 3.05) is 31.1 Å². The number of rotatable bonds is 1. The van der Waals surface area contributed by atoms with E-state index in [1.54, 1.807) is 13.0 Å². The lowest BCUT2D eigenvalue weighted by molar-refractivity contribution is -0.137. The molecule has 2 atom stereocenters. The Kier molecular flexibility index (Phi) is 3.51. The standard InChI is InChI=1S/C19H22F2N4O/c1-11-14-6-13(20)7-16(21)15(14)8-17(23-11)25-10-19(26-18(25)22)9-24-4-2-12(19)3-5-24/h6-8,12,18H,2-5,9-10,22H2,1H3.